The summed E-state index contributed by atoms with van der Waals surface area (Å²) in [6.07, 6.45) is 5.77. The summed E-state index contributed by atoms with van der Waals surface area (Å²) in [5.74, 6) is -0.0495. The molecule has 1 amide bonds. The minimum Gasteiger partial charge on any atom is -0.341 e. The maximum absolute atomic E-state index is 12.8. The zero-order valence-corrected chi connectivity index (χ0v) is 16.5. The predicted molar refractivity (Wildman–Crippen MR) is 103 cm³/mol. The van der Waals surface area contributed by atoms with E-state index >= 15 is 0 Å². The smallest absolute Gasteiger partial charge is 0.332 e. The lowest BCUT2D eigenvalue weighted by Gasteiger charge is -2.35. The number of carbonyl (C=O) groups excluding carboxylic acids is 1. The highest BCUT2D eigenvalue weighted by Gasteiger charge is 2.36. The van der Waals surface area contributed by atoms with Crippen LogP contribution in [0.1, 0.15) is 25.7 Å². The molecular formula is C17H25ClN6O3. The van der Waals surface area contributed by atoms with Crippen LogP contribution in [0.25, 0.3) is 11.2 Å². The number of rotatable bonds is 3. The van der Waals surface area contributed by atoms with E-state index < -0.39 is 11.2 Å². The first-order valence-electron chi connectivity index (χ1n) is 8.99. The Hall–Kier alpha value is -2.13. The molecule has 2 aromatic heterocycles. The van der Waals surface area contributed by atoms with Crippen LogP contribution in [0.3, 0.4) is 0 Å². The Balaban J connectivity index is 0.00000210. The van der Waals surface area contributed by atoms with Gasteiger partial charge in [0.15, 0.2) is 11.2 Å². The van der Waals surface area contributed by atoms with E-state index in [1.165, 1.54) is 30.8 Å². The molecule has 2 atom stereocenters. The Labute approximate surface area is 162 Å². The Kier molecular flexibility index (Phi) is 5.18. The van der Waals surface area contributed by atoms with Gasteiger partial charge in [0.05, 0.1) is 6.33 Å². The van der Waals surface area contributed by atoms with Crippen LogP contribution in [0.2, 0.25) is 0 Å². The number of likely N-dealkylation sites (N-methyl/N-ethyl adjacent to an activating group) is 1. The number of nitrogens with one attached hydrogen (secondary N) is 1. The molecule has 4 rings (SSSR count). The molecule has 27 heavy (non-hydrogen) atoms. The molecule has 2 bridgehead atoms. The number of piperidine rings is 1. The van der Waals surface area contributed by atoms with Gasteiger partial charge in [0.1, 0.15) is 6.54 Å². The topological polar surface area (TPSA) is 94.2 Å². The van der Waals surface area contributed by atoms with Gasteiger partial charge in [-0.05, 0) is 25.7 Å². The SMILES string of the molecule is CN(C(=O)Cn1cnc2c1c(=O)n(C)c(=O)n2C)C1CC2CCC(C1)N2.Cl. The van der Waals surface area contributed by atoms with Gasteiger partial charge in [-0.1, -0.05) is 0 Å². The second kappa shape index (κ2) is 7.12. The summed E-state index contributed by atoms with van der Waals surface area (Å²) >= 11 is 0. The van der Waals surface area contributed by atoms with Crippen LogP contribution in [-0.2, 0) is 25.4 Å². The van der Waals surface area contributed by atoms with Crippen LogP contribution in [0.4, 0.5) is 0 Å². The van der Waals surface area contributed by atoms with Crippen molar-refractivity contribution in [3.63, 3.8) is 0 Å². The molecule has 0 saturated carbocycles. The van der Waals surface area contributed by atoms with Crippen molar-refractivity contribution in [1.82, 2.24) is 28.9 Å². The first kappa shape index (κ1) is 19.6. The van der Waals surface area contributed by atoms with Gasteiger partial charge in [0.25, 0.3) is 5.56 Å². The van der Waals surface area contributed by atoms with Crippen LogP contribution in [0, 0.1) is 0 Å². The van der Waals surface area contributed by atoms with Gasteiger partial charge in [0.2, 0.25) is 5.91 Å². The number of nitrogens with zero attached hydrogens (tertiary/aromatic N) is 5. The number of hydrogen-bond acceptors (Lipinski definition) is 5. The summed E-state index contributed by atoms with van der Waals surface area (Å²) < 4.78 is 3.91. The quantitative estimate of drug-likeness (QED) is 0.761. The maximum atomic E-state index is 12.8. The zero-order valence-electron chi connectivity index (χ0n) is 15.7. The molecule has 1 N–H and O–H groups in total. The molecule has 2 fully saturated rings. The molecule has 2 saturated heterocycles. The minimum atomic E-state index is -0.434. The molecule has 2 aliphatic heterocycles. The van der Waals surface area contributed by atoms with Crippen molar-refractivity contribution in [2.24, 2.45) is 14.1 Å². The summed E-state index contributed by atoms with van der Waals surface area (Å²) in [6, 6.07) is 1.23. The standard InChI is InChI=1S/C17H24N6O3.ClH/c1-20(12-6-10-4-5-11(7-12)19-10)13(24)8-23-9-18-15-14(23)16(25)22(3)17(26)21(15)2;/h9-12,19H,4-8H2,1-3H3;1H. The van der Waals surface area contributed by atoms with E-state index in [-0.39, 0.29) is 36.4 Å². The first-order chi connectivity index (χ1) is 12.4. The molecule has 0 aliphatic carbocycles. The number of aryl methyl sites for hydroxylation is 1. The van der Waals surface area contributed by atoms with Gasteiger partial charge in [-0.15, -0.1) is 12.4 Å². The highest BCUT2D eigenvalue weighted by Crippen LogP contribution is 2.29. The molecule has 9 nitrogen and oxygen atoms in total. The van der Waals surface area contributed by atoms with Crippen molar-refractivity contribution in [2.75, 3.05) is 7.05 Å². The van der Waals surface area contributed by atoms with Gasteiger partial charge in [-0.3, -0.25) is 18.7 Å². The number of aromatic nitrogens is 4. The van der Waals surface area contributed by atoms with Crippen molar-refractivity contribution >= 4 is 29.5 Å². The minimum absolute atomic E-state index is 0. The number of hydrogen-bond donors (Lipinski definition) is 1. The van der Waals surface area contributed by atoms with E-state index in [2.05, 4.69) is 10.3 Å². The second-order valence-electron chi connectivity index (χ2n) is 7.52. The van der Waals surface area contributed by atoms with Crippen molar-refractivity contribution in [3.05, 3.63) is 27.2 Å². The van der Waals surface area contributed by atoms with Gasteiger partial charge in [-0.25, -0.2) is 9.78 Å². The van der Waals surface area contributed by atoms with Crippen LogP contribution in [-0.4, -0.2) is 54.7 Å². The third-order valence-electron chi connectivity index (χ3n) is 5.91. The fourth-order valence-corrected chi connectivity index (χ4v) is 4.32. The summed E-state index contributed by atoms with van der Waals surface area (Å²) in [6.45, 7) is 0.0414. The molecule has 148 valence electrons. The average Bonchev–Trinajstić information content (AvgIpc) is 3.20. The molecule has 4 heterocycles. The van der Waals surface area contributed by atoms with Crippen LogP contribution < -0.4 is 16.6 Å². The highest BCUT2D eigenvalue weighted by atomic mass is 35.5. The molecule has 2 unspecified atom stereocenters. The predicted octanol–water partition coefficient (Wildman–Crippen LogP) is -0.403. The van der Waals surface area contributed by atoms with E-state index in [9.17, 15) is 14.4 Å². The van der Waals surface area contributed by atoms with E-state index in [0.717, 1.165) is 17.4 Å². The lowest BCUT2D eigenvalue weighted by molar-refractivity contribution is -0.133. The van der Waals surface area contributed by atoms with Crippen molar-refractivity contribution < 1.29 is 4.79 Å². The fraction of sp³-hybridized carbons (Fsp3) is 0.647. The molecule has 0 spiro atoms. The Bertz CT molecular complexity index is 981. The van der Waals surface area contributed by atoms with E-state index in [1.54, 1.807) is 11.6 Å². The third kappa shape index (κ3) is 3.19. The monoisotopic (exact) mass is 396 g/mol. The normalized spacial score (nSPS) is 24.0. The number of carbonyl (C=O) groups is 1. The molecule has 2 aromatic rings. The fourth-order valence-electron chi connectivity index (χ4n) is 4.32. The van der Waals surface area contributed by atoms with Gasteiger partial charge >= 0.3 is 5.69 Å². The number of imidazole rings is 1. The first-order valence-corrected chi connectivity index (χ1v) is 8.99. The van der Waals surface area contributed by atoms with E-state index in [0.29, 0.717) is 17.7 Å². The Morgan fingerprint density at radius 3 is 2.48 bits per heavy atom. The summed E-state index contributed by atoms with van der Waals surface area (Å²) in [5, 5.41) is 3.58. The van der Waals surface area contributed by atoms with E-state index in [1.807, 2.05) is 11.9 Å². The molecular weight excluding hydrogens is 372 g/mol. The van der Waals surface area contributed by atoms with Crippen LogP contribution >= 0.6 is 12.4 Å². The van der Waals surface area contributed by atoms with Gasteiger partial charge in [0, 0.05) is 39.3 Å². The van der Waals surface area contributed by atoms with Crippen LogP contribution in [0.15, 0.2) is 15.9 Å². The van der Waals surface area contributed by atoms with Gasteiger partial charge < -0.3 is 14.8 Å². The van der Waals surface area contributed by atoms with Crippen molar-refractivity contribution in [1.29, 1.82) is 0 Å². The largest absolute Gasteiger partial charge is 0.341 e. The molecule has 0 radical (unpaired) electrons. The lowest BCUT2D eigenvalue weighted by Crippen LogP contribution is -2.49. The average molecular weight is 397 g/mol. The maximum Gasteiger partial charge on any atom is 0.332 e. The lowest BCUT2D eigenvalue weighted by atomic mass is 9.98. The summed E-state index contributed by atoms with van der Waals surface area (Å²) in [4.78, 5) is 43.3. The summed E-state index contributed by atoms with van der Waals surface area (Å²) in [7, 11) is 4.84. The third-order valence-corrected chi connectivity index (χ3v) is 5.91. The van der Waals surface area contributed by atoms with Gasteiger partial charge in [-0.2, -0.15) is 0 Å². The molecule has 0 aromatic carbocycles. The number of fused-ring (bicyclic) bond motifs is 3. The Morgan fingerprint density at radius 2 is 1.85 bits per heavy atom. The van der Waals surface area contributed by atoms with Crippen LogP contribution in [0.5, 0.6) is 0 Å². The van der Waals surface area contributed by atoms with Crippen molar-refractivity contribution in [2.45, 2.75) is 50.4 Å². The Morgan fingerprint density at radius 1 is 1.22 bits per heavy atom. The second-order valence-corrected chi connectivity index (χ2v) is 7.52. The number of amides is 1. The molecule has 10 heteroatoms. The zero-order chi connectivity index (χ0) is 18.6. The number of halogens is 1. The highest BCUT2D eigenvalue weighted by molar-refractivity contribution is 5.85. The summed E-state index contributed by atoms with van der Waals surface area (Å²) in [5.41, 5.74) is -0.285. The van der Waals surface area contributed by atoms with E-state index in [4.69, 9.17) is 0 Å². The molecule has 2 aliphatic rings. The van der Waals surface area contributed by atoms with Crippen molar-refractivity contribution in [3.8, 4) is 0 Å².